The summed E-state index contributed by atoms with van der Waals surface area (Å²) in [6.45, 7) is 17.3. The summed E-state index contributed by atoms with van der Waals surface area (Å²) >= 11 is 0. The number of aromatic amines is 1. The second-order valence-electron chi connectivity index (χ2n) is 18.9. The van der Waals surface area contributed by atoms with Crippen molar-refractivity contribution in [2.24, 2.45) is 11.8 Å². The van der Waals surface area contributed by atoms with Crippen molar-refractivity contribution >= 4 is 19.2 Å². The first-order chi connectivity index (χ1) is 27.8. The van der Waals surface area contributed by atoms with Crippen LogP contribution in [0.1, 0.15) is 134 Å². The molecule has 0 amide bonds. The molecule has 318 valence electrons. The monoisotopic (exact) mass is 813 g/mol. The lowest BCUT2D eigenvalue weighted by molar-refractivity contribution is -0.00865. The highest BCUT2D eigenvalue weighted by molar-refractivity contribution is 6.74. The minimum Gasteiger partial charge on any atom is -0.506 e. The van der Waals surface area contributed by atoms with Gasteiger partial charge in [0, 0.05) is 24.5 Å². The first kappa shape index (κ1) is 44.2. The molecule has 2 atom stereocenters. The molecule has 2 aliphatic rings. The molecule has 58 heavy (non-hydrogen) atoms. The molecule has 2 aromatic carbocycles. The van der Waals surface area contributed by atoms with Crippen LogP contribution in [0.5, 0.6) is 5.75 Å². The molecule has 1 unspecified atom stereocenters. The standard InChI is InChI=1S/C47H72N6O4Si/c1-46(2,3)58(4,5)57-42(39-23-25-41(54)44-40(39)24-26-43(55)50-44)33-48-29-17-9-7-6-8-10-18-30-52-31-27-36(28-32-52)34-53-35-49-45(51-53)47(56,37-19-13-11-14-20-37)38-21-15-12-16-22-38/h11,13-14,19-20,23-26,35-36,38,42,48,54,56H,6-10,12,15-18,21-22,27-34H2,1-5H3,(H,50,55)/t42-,47?/m0/s1. The predicted molar refractivity (Wildman–Crippen MR) is 238 cm³/mol. The van der Waals surface area contributed by atoms with Crippen LogP contribution >= 0.6 is 0 Å². The Morgan fingerprint density at radius 1 is 0.897 bits per heavy atom. The van der Waals surface area contributed by atoms with Crippen LogP contribution in [0.25, 0.3) is 10.9 Å². The Morgan fingerprint density at radius 2 is 1.59 bits per heavy atom. The quantitative estimate of drug-likeness (QED) is 0.0514. The van der Waals surface area contributed by atoms with E-state index in [-0.39, 0.29) is 28.4 Å². The lowest BCUT2D eigenvalue weighted by Crippen LogP contribution is -2.43. The van der Waals surface area contributed by atoms with Crippen LogP contribution in [0.15, 0.2) is 65.7 Å². The normalized spacial score (nSPS) is 18.1. The summed E-state index contributed by atoms with van der Waals surface area (Å²) in [4.78, 5) is 22.2. The maximum atomic E-state index is 12.2. The van der Waals surface area contributed by atoms with Crippen LogP contribution in [-0.4, -0.2) is 75.9 Å². The SMILES string of the molecule is CC(C)(C)[Si](C)(C)O[C@@H](CNCCCCCCCCCN1CCC(Cn2cnc(C(O)(c3ccccc3)C3CCCCC3)n2)CC1)c1ccc(O)c2[nH]c(=O)ccc12. The van der Waals surface area contributed by atoms with Crippen molar-refractivity contribution in [2.45, 2.75) is 147 Å². The number of unbranched alkanes of at least 4 members (excludes halogenated alkanes) is 6. The number of fused-ring (bicyclic) bond motifs is 1. The van der Waals surface area contributed by atoms with E-state index in [4.69, 9.17) is 14.5 Å². The molecule has 0 radical (unpaired) electrons. The molecule has 1 saturated heterocycles. The van der Waals surface area contributed by atoms with Crippen LogP contribution in [0.4, 0.5) is 0 Å². The Balaban J connectivity index is 0.858. The lowest BCUT2D eigenvalue weighted by Gasteiger charge is -2.39. The third-order valence-electron chi connectivity index (χ3n) is 13.6. The zero-order valence-corrected chi connectivity index (χ0v) is 37.1. The van der Waals surface area contributed by atoms with Gasteiger partial charge < -0.3 is 29.8 Å². The molecule has 0 spiro atoms. The Labute approximate surface area is 348 Å². The number of nitrogens with zero attached hydrogens (tertiary/aromatic N) is 4. The van der Waals surface area contributed by atoms with E-state index in [2.05, 4.69) is 49.1 Å². The number of pyridine rings is 1. The van der Waals surface area contributed by atoms with Gasteiger partial charge in [0.05, 0.1) is 11.6 Å². The minimum atomic E-state index is -2.10. The van der Waals surface area contributed by atoms with Crippen molar-refractivity contribution in [1.29, 1.82) is 0 Å². The largest absolute Gasteiger partial charge is 0.506 e. The number of nitrogens with one attached hydrogen (secondary N) is 2. The molecule has 1 aliphatic heterocycles. The summed E-state index contributed by atoms with van der Waals surface area (Å²) in [5, 5.41) is 32.2. The highest BCUT2D eigenvalue weighted by Gasteiger charge is 2.44. The van der Waals surface area contributed by atoms with E-state index in [1.807, 2.05) is 47.4 Å². The molecule has 11 heteroatoms. The second kappa shape index (κ2) is 20.3. The van der Waals surface area contributed by atoms with Crippen molar-refractivity contribution < 1.29 is 14.6 Å². The van der Waals surface area contributed by atoms with Crippen molar-refractivity contribution in [3.8, 4) is 5.75 Å². The fraction of sp³-hybridized carbons (Fsp3) is 0.638. The average Bonchev–Trinajstić information content (AvgIpc) is 3.69. The molecule has 1 aliphatic carbocycles. The molecule has 2 fully saturated rings. The number of likely N-dealkylation sites (tertiary alicyclic amines) is 1. The van der Waals surface area contributed by atoms with E-state index < -0.39 is 13.9 Å². The van der Waals surface area contributed by atoms with E-state index in [1.165, 1.54) is 70.4 Å². The van der Waals surface area contributed by atoms with Gasteiger partial charge >= 0.3 is 0 Å². The molecule has 3 heterocycles. The van der Waals surface area contributed by atoms with Gasteiger partial charge in [-0.1, -0.05) is 109 Å². The van der Waals surface area contributed by atoms with Crippen LogP contribution in [0.2, 0.25) is 18.1 Å². The minimum absolute atomic E-state index is 0.0569. The van der Waals surface area contributed by atoms with Gasteiger partial charge in [-0.3, -0.25) is 9.48 Å². The average molecular weight is 813 g/mol. The molecular formula is C47H72N6O4Si. The number of rotatable bonds is 20. The predicted octanol–water partition coefficient (Wildman–Crippen LogP) is 9.44. The van der Waals surface area contributed by atoms with Crippen molar-refractivity contribution in [1.82, 2.24) is 30.0 Å². The highest BCUT2D eigenvalue weighted by atomic mass is 28.4. The first-order valence-corrected chi connectivity index (χ1v) is 25.4. The molecule has 6 rings (SSSR count). The van der Waals surface area contributed by atoms with Gasteiger partial charge in [-0.2, -0.15) is 5.10 Å². The maximum absolute atomic E-state index is 12.2. The van der Waals surface area contributed by atoms with Crippen molar-refractivity contribution in [3.63, 3.8) is 0 Å². The van der Waals surface area contributed by atoms with Gasteiger partial charge in [0.2, 0.25) is 5.56 Å². The number of piperidine rings is 1. The van der Waals surface area contributed by atoms with Crippen molar-refractivity contribution in [3.05, 3.63) is 88.2 Å². The van der Waals surface area contributed by atoms with E-state index in [1.54, 1.807) is 12.1 Å². The Morgan fingerprint density at radius 3 is 2.29 bits per heavy atom. The van der Waals surface area contributed by atoms with Crippen LogP contribution in [0.3, 0.4) is 0 Å². The summed E-state index contributed by atoms with van der Waals surface area (Å²) in [6, 6.07) is 17.0. The van der Waals surface area contributed by atoms with E-state index in [0.717, 1.165) is 74.8 Å². The number of aromatic nitrogens is 4. The lowest BCUT2D eigenvalue weighted by atomic mass is 9.73. The van der Waals surface area contributed by atoms with Gasteiger partial charge in [-0.05, 0) is 118 Å². The molecule has 10 nitrogen and oxygen atoms in total. The summed E-state index contributed by atoms with van der Waals surface area (Å²) in [7, 11) is -2.10. The maximum Gasteiger partial charge on any atom is 0.248 e. The molecule has 4 aromatic rings. The fourth-order valence-electron chi connectivity index (χ4n) is 8.96. The van der Waals surface area contributed by atoms with Crippen molar-refractivity contribution in [2.75, 3.05) is 32.7 Å². The molecule has 4 N–H and O–H groups in total. The molecule has 0 bridgehead atoms. The van der Waals surface area contributed by atoms with E-state index in [0.29, 0.717) is 23.8 Å². The Kier molecular flexibility index (Phi) is 15.4. The first-order valence-electron chi connectivity index (χ1n) is 22.5. The number of hydrogen-bond donors (Lipinski definition) is 4. The zero-order valence-electron chi connectivity index (χ0n) is 36.1. The van der Waals surface area contributed by atoms with E-state index in [9.17, 15) is 15.0 Å². The number of hydrogen-bond acceptors (Lipinski definition) is 8. The van der Waals surface area contributed by atoms with Crippen LogP contribution in [0, 0.1) is 11.8 Å². The molecule has 1 saturated carbocycles. The third kappa shape index (κ3) is 11.3. The highest BCUT2D eigenvalue weighted by Crippen LogP contribution is 2.43. The number of phenolic OH excluding ortho intramolecular Hbond substituents is 1. The fourth-order valence-corrected chi connectivity index (χ4v) is 10.2. The summed E-state index contributed by atoms with van der Waals surface area (Å²) in [5.74, 6) is 1.39. The van der Waals surface area contributed by atoms with Gasteiger partial charge in [0.25, 0.3) is 0 Å². The number of H-pyrrole nitrogens is 1. The summed E-state index contributed by atoms with van der Waals surface area (Å²) < 4.78 is 8.94. The van der Waals surface area contributed by atoms with Gasteiger partial charge in [0.1, 0.15) is 12.1 Å². The van der Waals surface area contributed by atoms with E-state index >= 15 is 0 Å². The van der Waals surface area contributed by atoms with Crippen LogP contribution in [-0.2, 0) is 16.6 Å². The Bertz CT molecular complexity index is 1910. The summed E-state index contributed by atoms with van der Waals surface area (Å²) in [5.41, 5.74) is 1.02. The second-order valence-corrected chi connectivity index (χ2v) is 23.6. The van der Waals surface area contributed by atoms with Gasteiger partial charge in [-0.25, -0.2) is 4.98 Å². The van der Waals surface area contributed by atoms with Gasteiger partial charge in [0.15, 0.2) is 19.7 Å². The molecular weight excluding hydrogens is 741 g/mol. The molecule has 2 aromatic heterocycles. The number of aliphatic hydroxyl groups is 1. The smallest absolute Gasteiger partial charge is 0.248 e. The number of phenols is 1. The van der Waals surface area contributed by atoms with Crippen LogP contribution < -0.4 is 10.9 Å². The van der Waals surface area contributed by atoms with Gasteiger partial charge in [-0.15, -0.1) is 0 Å². The third-order valence-corrected chi connectivity index (χ3v) is 18.1. The Hall–Kier alpha value is -3.35. The summed E-state index contributed by atoms with van der Waals surface area (Å²) in [6.07, 6.45) is 18.4. The topological polar surface area (TPSA) is 129 Å². The zero-order chi connectivity index (χ0) is 41.2. The number of benzene rings is 2. The number of aromatic hydroxyl groups is 1.